The number of nitrogens with one attached hydrogen (secondary N) is 1. The molecule has 6 bridgehead atoms. The Morgan fingerprint density at radius 3 is 2.59 bits per heavy atom. The lowest BCUT2D eigenvalue weighted by Crippen LogP contribution is -2.51. The van der Waals surface area contributed by atoms with Crippen molar-refractivity contribution < 1.29 is 29.5 Å². The Bertz CT molecular complexity index is 2740. The molecule has 9 nitrogen and oxygen atoms in total. The molecule has 6 aliphatic rings. The van der Waals surface area contributed by atoms with E-state index in [4.69, 9.17) is 19.9 Å². The Hall–Kier alpha value is -5.50. The SMILES string of the molecule is NC1C=C2C#CC(CCc3ccc(O)cc3)CCCC3CC(O)CCc4ccc(O)c(c4)OCc4cc(C56CCOCC5CC5(CCCC5)c5ccccc56)cc5cn(cc45)C(=C2CO3)N1. The van der Waals surface area contributed by atoms with E-state index in [0.717, 1.165) is 90.4 Å². The van der Waals surface area contributed by atoms with Gasteiger partial charge in [0.2, 0.25) is 0 Å². The standard InChI is InChI=1S/C57H63N3O6/c58-54-29-40-17-12-37(10-11-38-13-18-45(61)19-14-38)6-5-7-47-30-46(62)20-15-39-16-21-52(63)53(26-39)66-34-42-28-43(27-41-32-60(33-48(41)42)55(59-54)49(40)36-65-47)57-24-25-64-35-44(57)31-56(22-3-4-23-56)50-8-1-2-9-51(50)57/h1-2,8-9,13-14,16,18-19,21,26-29,32-33,37,44,46-47,54,59,61-63H,3-7,10-11,15,20,22-25,30-31,34-36,58H2. The zero-order valence-electron chi connectivity index (χ0n) is 37.9. The van der Waals surface area contributed by atoms with Gasteiger partial charge in [-0.3, -0.25) is 0 Å². The van der Waals surface area contributed by atoms with Gasteiger partial charge in [-0.2, -0.15) is 0 Å². The number of aryl methyl sites for hydroxylation is 2. The summed E-state index contributed by atoms with van der Waals surface area (Å²) in [7, 11) is 0. The zero-order valence-corrected chi connectivity index (χ0v) is 37.9. The van der Waals surface area contributed by atoms with Gasteiger partial charge in [-0.25, -0.2) is 0 Å². The number of phenolic OH excluding ortho intramolecular Hbond substituents is 2. The highest BCUT2D eigenvalue weighted by atomic mass is 16.5. The van der Waals surface area contributed by atoms with Crippen LogP contribution in [0.1, 0.15) is 110 Å². The van der Waals surface area contributed by atoms with Crippen LogP contribution in [0, 0.1) is 23.7 Å². The molecule has 9 heteroatoms. The number of nitrogens with two attached hydrogens (primary N) is 1. The van der Waals surface area contributed by atoms with Gasteiger partial charge in [0.1, 0.15) is 18.2 Å². The fourth-order valence-electron chi connectivity index (χ4n) is 12.7. The predicted molar refractivity (Wildman–Crippen MR) is 258 cm³/mol. The van der Waals surface area contributed by atoms with Crippen molar-refractivity contribution in [2.45, 2.75) is 126 Å². The van der Waals surface area contributed by atoms with E-state index < -0.39 is 12.3 Å². The van der Waals surface area contributed by atoms with Crippen molar-refractivity contribution in [3.63, 3.8) is 0 Å². The Balaban J connectivity index is 1.06. The van der Waals surface area contributed by atoms with Gasteiger partial charge in [-0.15, -0.1) is 0 Å². The molecule has 342 valence electrons. The monoisotopic (exact) mass is 885 g/mol. The molecule has 6 unspecified atom stereocenters. The summed E-state index contributed by atoms with van der Waals surface area (Å²) in [4.78, 5) is 0. The minimum Gasteiger partial charge on any atom is -0.508 e. The minimum absolute atomic E-state index is 0.0980. The maximum atomic E-state index is 11.6. The predicted octanol–water partition coefficient (Wildman–Crippen LogP) is 9.67. The largest absolute Gasteiger partial charge is 0.508 e. The van der Waals surface area contributed by atoms with Crippen molar-refractivity contribution >= 4 is 16.6 Å². The maximum absolute atomic E-state index is 11.6. The first-order valence-corrected chi connectivity index (χ1v) is 24.6. The normalized spacial score (nSPS) is 27.3. The summed E-state index contributed by atoms with van der Waals surface area (Å²) < 4.78 is 22.1. The molecule has 5 heterocycles. The van der Waals surface area contributed by atoms with E-state index in [0.29, 0.717) is 44.1 Å². The van der Waals surface area contributed by atoms with Crippen molar-refractivity contribution in [1.29, 1.82) is 0 Å². The molecule has 4 aromatic carbocycles. The van der Waals surface area contributed by atoms with Crippen LogP contribution in [0.2, 0.25) is 0 Å². The molecule has 0 radical (unpaired) electrons. The fraction of sp³-hybridized carbons (Fsp3) is 0.439. The summed E-state index contributed by atoms with van der Waals surface area (Å²) in [5, 5.41) is 38.4. The third-order valence-corrected chi connectivity index (χ3v) is 16.1. The Morgan fingerprint density at radius 1 is 0.879 bits per heavy atom. The average Bonchev–Trinajstić information content (AvgIpc) is 3.98. The zero-order chi connectivity index (χ0) is 44.8. The van der Waals surface area contributed by atoms with Crippen LogP contribution < -0.4 is 15.8 Å². The van der Waals surface area contributed by atoms with Gasteiger partial charge in [-0.1, -0.05) is 73.2 Å². The third-order valence-electron chi connectivity index (χ3n) is 16.1. The number of hydrogen-bond acceptors (Lipinski definition) is 8. The quantitative estimate of drug-likeness (QED) is 0.113. The molecule has 6 N–H and O–H groups in total. The van der Waals surface area contributed by atoms with Gasteiger partial charge in [0.05, 0.1) is 31.6 Å². The molecule has 1 spiro atoms. The van der Waals surface area contributed by atoms with Crippen LogP contribution in [0.5, 0.6) is 17.2 Å². The van der Waals surface area contributed by atoms with E-state index in [1.807, 2.05) is 30.3 Å². The topological polar surface area (TPSA) is 131 Å². The molecule has 2 fully saturated rings. The van der Waals surface area contributed by atoms with E-state index in [9.17, 15) is 15.3 Å². The van der Waals surface area contributed by atoms with E-state index in [-0.39, 0.29) is 41.0 Å². The number of ether oxygens (including phenoxy) is 3. The molecule has 11 rings (SSSR count). The van der Waals surface area contributed by atoms with E-state index in [1.165, 1.54) is 47.9 Å². The maximum Gasteiger partial charge on any atom is 0.161 e. The molecule has 5 aromatic rings. The van der Waals surface area contributed by atoms with Crippen molar-refractivity contribution in [2.24, 2.45) is 17.6 Å². The minimum atomic E-state index is -0.579. The molecular formula is C57H63N3O6. The van der Waals surface area contributed by atoms with Crippen LogP contribution >= 0.6 is 0 Å². The number of aromatic nitrogens is 1. The van der Waals surface area contributed by atoms with E-state index in [1.54, 1.807) is 18.2 Å². The van der Waals surface area contributed by atoms with Crippen LogP contribution in [0.4, 0.5) is 0 Å². The molecule has 4 aliphatic heterocycles. The average molecular weight is 886 g/mol. The highest BCUT2D eigenvalue weighted by Crippen LogP contribution is 2.60. The lowest BCUT2D eigenvalue weighted by atomic mass is 9.51. The van der Waals surface area contributed by atoms with Crippen LogP contribution in [-0.4, -0.2) is 58.1 Å². The number of rotatable bonds is 4. The van der Waals surface area contributed by atoms with Crippen molar-refractivity contribution in [3.05, 3.63) is 142 Å². The number of phenols is 2. The van der Waals surface area contributed by atoms with Crippen LogP contribution in [0.15, 0.2) is 108 Å². The molecule has 66 heavy (non-hydrogen) atoms. The second kappa shape index (κ2) is 18.0. The number of hydrogen-bond donors (Lipinski definition) is 5. The number of nitrogens with zero attached hydrogens (tertiary/aromatic N) is 1. The Kier molecular flexibility index (Phi) is 11.7. The van der Waals surface area contributed by atoms with Gasteiger partial charge in [0.25, 0.3) is 0 Å². The van der Waals surface area contributed by atoms with Gasteiger partial charge in [0.15, 0.2) is 11.5 Å². The second-order valence-electron chi connectivity index (χ2n) is 20.2. The molecule has 0 amide bonds. The molecule has 6 atom stereocenters. The van der Waals surface area contributed by atoms with Crippen LogP contribution in [0.25, 0.3) is 16.6 Å². The Labute approximate surface area is 388 Å². The van der Waals surface area contributed by atoms with Gasteiger partial charge in [-0.05, 0) is 158 Å². The molecular weight excluding hydrogens is 823 g/mol. The molecule has 1 saturated heterocycles. The van der Waals surface area contributed by atoms with Gasteiger partial charge < -0.3 is 45.1 Å². The third kappa shape index (κ3) is 8.21. The lowest BCUT2D eigenvalue weighted by molar-refractivity contribution is -0.00873. The second-order valence-corrected chi connectivity index (χ2v) is 20.2. The number of dihydropyridines is 1. The van der Waals surface area contributed by atoms with E-state index >= 15 is 0 Å². The molecule has 1 aromatic heterocycles. The fourth-order valence-corrected chi connectivity index (χ4v) is 12.7. The van der Waals surface area contributed by atoms with Crippen LogP contribution in [-0.2, 0) is 39.8 Å². The summed E-state index contributed by atoms with van der Waals surface area (Å²) in [6, 6.07) is 27.2. The van der Waals surface area contributed by atoms with Gasteiger partial charge >= 0.3 is 0 Å². The summed E-state index contributed by atoms with van der Waals surface area (Å²) >= 11 is 0. The number of aromatic hydroxyl groups is 2. The van der Waals surface area contributed by atoms with Crippen LogP contribution in [0.3, 0.4) is 0 Å². The lowest BCUT2D eigenvalue weighted by Gasteiger charge is -2.54. The number of benzene rings is 4. The Morgan fingerprint density at radius 2 is 1.73 bits per heavy atom. The number of fused-ring (bicyclic) bond motifs is 10. The molecule has 2 aliphatic carbocycles. The first-order chi connectivity index (χ1) is 32.2. The summed E-state index contributed by atoms with van der Waals surface area (Å²) in [6.45, 7) is 2.00. The molecule has 1 saturated carbocycles. The van der Waals surface area contributed by atoms with Crippen molar-refractivity contribution in [3.8, 4) is 29.1 Å². The first kappa shape index (κ1) is 43.1. The highest BCUT2D eigenvalue weighted by Gasteiger charge is 2.55. The number of aliphatic hydroxyl groups is 1. The summed E-state index contributed by atoms with van der Waals surface area (Å²) in [5.41, 5.74) is 16.1. The summed E-state index contributed by atoms with van der Waals surface area (Å²) in [6.07, 6.45) is 18.3. The smallest absolute Gasteiger partial charge is 0.161 e. The van der Waals surface area contributed by atoms with Crippen molar-refractivity contribution in [2.75, 3.05) is 19.8 Å². The van der Waals surface area contributed by atoms with Gasteiger partial charge in [0, 0.05) is 52.3 Å². The first-order valence-electron chi connectivity index (χ1n) is 24.6. The highest BCUT2D eigenvalue weighted by molar-refractivity contribution is 5.88. The number of aliphatic hydroxyl groups excluding tert-OH is 1. The van der Waals surface area contributed by atoms with Crippen molar-refractivity contribution in [1.82, 2.24) is 9.88 Å². The summed E-state index contributed by atoms with van der Waals surface area (Å²) in [5.74, 6) is 9.41. The van der Waals surface area contributed by atoms with E-state index in [2.05, 4.69) is 70.5 Å².